The standard InChI is InChI=1S/C15H14O5.Na/c1-19-9-3-5-11(13(16)7-9)15(18)12-6-4-10(20-2)8-14(12)17;/h3-8,16-17H,1-2H3;/q;+1. The maximum absolute atomic E-state index is 12.3. The Morgan fingerprint density at radius 2 is 1.24 bits per heavy atom. The molecule has 6 heteroatoms. The van der Waals surface area contributed by atoms with E-state index < -0.39 is 5.78 Å². The summed E-state index contributed by atoms with van der Waals surface area (Å²) in [6, 6.07) is 8.70. The van der Waals surface area contributed by atoms with Gasteiger partial charge in [0.15, 0.2) is 5.78 Å². The van der Waals surface area contributed by atoms with E-state index in [1.807, 2.05) is 0 Å². The first-order valence-corrected chi connectivity index (χ1v) is 5.85. The average molecular weight is 297 g/mol. The van der Waals surface area contributed by atoms with Crippen molar-refractivity contribution in [2.75, 3.05) is 14.2 Å². The van der Waals surface area contributed by atoms with Crippen molar-refractivity contribution in [1.82, 2.24) is 0 Å². The maximum atomic E-state index is 12.3. The van der Waals surface area contributed by atoms with Gasteiger partial charge < -0.3 is 19.7 Å². The fourth-order valence-electron chi connectivity index (χ4n) is 1.81. The number of carbonyl (C=O) groups is 1. The second kappa shape index (κ2) is 7.36. The second-order valence-corrected chi connectivity index (χ2v) is 4.10. The smallest absolute Gasteiger partial charge is 0.507 e. The summed E-state index contributed by atoms with van der Waals surface area (Å²) in [6.07, 6.45) is 0. The number of hydrogen-bond acceptors (Lipinski definition) is 5. The van der Waals surface area contributed by atoms with Crippen molar-refractivity contribution in [2.24, 2.45) is 0 Å². The number of carbonyl (C=O) groups excluding carboxylic acids is 1. The summed E-state index contributed by atoms with van der Waals surface area (Å²) in [7, 11) is 2.93. The summed E-state index contributed by atoms with van der Waals surface area (Å²) in [4.78, 5) is 12.3. The Morgan fingerprint density at radius 1 is 0.857 bits per heavy atom. The van der Waals surface area contributed by atoms with Gasteiger partial charge in [0, 0.05) is 12.1 Å². The van der Waals surface area contributed by atoms with Gasteiger partial charge in [-0.1, -0.05) is 0 Å². The molecular formula is C15H14NaO5+. The van der Waals surface area contributed by atoms with Crippen molar-refractivity contribution in [2.45, 2.75) is 0 Å². The number of phenols is 2. The van der Waals surface area contributed by atoms with Crippen LogP contribution >= 0.6 is 0 Å². The molecule has 21 heavy (non-hydrogen) atoms. The SMILES string of the molecule is COc1ccc(C(=O)c2ccc(OC)cc2O)c(O)c1.[Na+]. The van der Waals surface area contributed by atoms with Gasteiger partial charge in [0.05, 0.1) is 25.3 Å². The molecule has 0 fully saturated rings. The van der Waals surface area contributed by atoms with Crippen LogP contribution < -0.4 is 39.0 Å². The summed E-state index contributed by atoms with van der Waals surface area (Å²) >= 11 is 0. The third kappa shape index (κ3) is 3.69. The fourth-order valence-corrected chi connectivity index (χ4v) is 1.81. The molecule has 0 saturated heterocycles. The zero-order valence-electron chi connectivity index (χ0n) is 12.1. The first kappa shape index (κ1) is 17.4. The van der Waals surface area contributed by atoms with Crippen LogP contribution in [0.4, 0.5) is 0 Å². The summed E-state index contributed by atoms with van der Waals surface area (Å²) in [6.45, 7) is 0. The molecule has 0 aliphatic rings. The van der Waals surface area contributed by atoms with Crippen molar-refractivity contribution in [3.8, 4) is 23.0 Å². The Labute approximate surface area is 144 Å². The largest absolute Gasteiger partial charge is 1.00 e. The minimum atomic E-state index is -0.481. The Kier molecular flexibility index (Phi) is 6.08. The molecule has 0 amide bonds. The predicted molar refractivity (Wildman–Crippen MR) is 72.8 cm³/mol. The normalized spacial score (nSPS) is 9.62. The minimum Gasteiger partial charge on any atom is -0.507 e. The van der Waals surface area contributed by atoms with Crippen LogP contribution in [0.15, 0.2) is 36.4 Å². The van der Waals surface area contributed by atoms with Gasteiger partial charge >= 0.3 is 29.6 Å². The van der Waals surface area contributed by atoms with Crippen LogP contribution in [0.5, 0.6) is 23.0 Å². The van der Waals surface area contributed by atoms with E-state index in [9.17, 15) is 15.0 Å². The number of ether oxygens (including phenoxy) is 2. The topological polar surface area (TPSA) is 76.0 Å². The molecule has 104 valence electrons. The van der Waals surface area contributed by atoms with E-state index in [4.69, 9.17) is 9.47 Å². The Morgan fingerprint density at radius 3 is 1.52 bits per heavy atom. The quantitative estimate of drug-likeness (QED) is 0.579. The van der Waals surface area contributed by atoms with E-state index in [0.29, 0.717) is 11.5 Å². The molecule has 0 bridgehead atoms. The molecule has 0 aromatic heterocycles. The molecule has 0 radical (unpaired) electrons. The van der Waals surface area contributed by atoms with Crippen LogP contribution in [-0.2, 0) is 0 Å². The second-order valence-electron chi connectivity index (χ2n) is 4.10. The minimum absolute atomic E-state index is 0. The Balaban J connectivity index is 0.00000220. The van der Waals surface area contributed by atoms with Gasteiger partial charge in [0.2, 0.25) is 0 Å². The van der Waals surface area contributed by atoms with Crippen LogP contribution in [0.3, 0.4) is 0 Å². The van der Waals surface area contributed by atoms with Gasteiger partial charge in [0.25, 0.3) is 0 Å². The molecule has 2 aromatic carbocycles. The maximum Gasteiger partial charge on any atom is 1.00 e. The number of hydrogen-bond donors (Lipinski definition) is 2. The molecule has 0 aliphatic heterocycles. The first-order chi connectivity index (χ1) is 9.56. The molecule has 2 rings (SSSR count). The monoisotopic (exact) mass is 297 g/mol. The fraction of sp³-hybridized carbons (Fsp3) is 0.133. The van der Waals surface area contributed by atoms with Gasteiger partial charge in [-0.15, -0.1) is 0 Å². The third-order valence-electron chi connectivity index (χ3n) is 2.90. The average Bonchev–Trinajstić information content (AvgIpc) is 2.46. The number of methoxy groups -OCH3 is 2. The molecule has 0 atom stereocenters. The van der Waals surface area contributed by atoms with E-state index >= 15 is 0 Å². The van der Waals surface area contributed by atoms with Crippen molar-refractivity contribution >= 4 is 5.78 Å². The molecule has 0 aliphatic carbocycles. The molecule has 2 N–H and O–H groups in total. The molecule has 0 saturated carbocycles. The van der Waals surface area contributed by atoms with Gasteiger partial charge in [-0.3, -0.25) is 4.79 Å². The van der Waals surface area contributed by atoms with E-state index in [-0.39, 0.29) is 52.2 Å². The number of rotatable bonds is 4. The molecule has 0 unspecified atom stereocenters. The van der Waals surface area contributed by atoms with Gasteiger partial charge in [-0.2, -0.15) is 0 Å². The summed E-state index contributed by atoms with van der Waals surface area (Å²) in [5.41, 5.74) is 0.178. The molecule has 2 aromatic rings. The van der Waals surface area contributed by atoms with Crippen LogP contribution in [0.1, 0.15) is 15.9 Å². The van der Waals surface area contributed by atoms with Crippen LogP contribution in [0.2, 0.25) is 0 Å². The van der Waals surface area contributed by atoms with E-state index in [1.165, 1.54) is 38.5 Å². The van der Waals surface area contributed by atoms with Gasteiger partial charge in [-0.25, -0.2) is 0 Å². The van der Waals surface area contributed by atoms with Crippen molar-refractivity contribution in [3.63, 3.8) is 0 Å². The zero-order valence-corrected chi connectivity index (χ0v) is 14.1. The van der Waals surface area contributed by atoms with E-state index in [1.54, 1.807) is 12.1 Å². The zero-order chi connectivity index (χ0) is 14.7. The summed E-state index contributed by atoms with van der Waals surface area (Å²) in [5.74, 6) is -0.00421. The third-order valence-corrected chi connectivity index (χ3v) is 2.90. The number of ketones is 1. The Bertz CT molecular complexity index is 599. The number of benzene rings is 2. The van der Waals surface area contributed by atoms with Crippen LogP contribution in [0, 0.1) is 0 Å². The van der Waals surface area contributed by atoms with Crippen molar-refractivity contribution in [3.05, 3.63) is 47.5 Å². The van der Waals surface area contributed by atoms with Crippen molar-refractivity contribution in [1.29, 1.82) is 0 Å². The summed E-state index contributed by atoms with van der Waals surface area (Å²) < 4.78 is 9.90. The number of phenolic OH excluding ortho intramolecular Hbond substituents is 2. The molecule has 0 spiro atoms. The van der Waals surface area contributed by atoms with Gasteiger partial charge in [0.1, 0.15) is 23.0 Å². The van der Waals surface area contributed by atoms with Gasteiger partial charge in [-0.05, 0) is 24.3 Å². The van der Waals surface area contributed by atoms with Crippen molar-refractivity contribution < 1.29 is 54.0 Å². The van der Waals surface area contributed by atoms with Crippen LogP contribution in [0.25, 0.3) is 0 Å². The molecular weight excluding hydrogens is 283 g/mol. The summed E-state index contributed by atoms with van der Waals surface area (Å²) in [5, 5.41) is 19.7. The predicted octanol–water partition coefficient (Wildman–Crippen LogP) is -0.650. The van der Waals surface area contributed by atoms with E-state index in [0.717, 1.165) is 0 Å². The van der Waals surface area contributed by atoms with E-state index in [2.05, 4.69) is 0 Å². The Hall–Kier alpha value is -1.69. The number of aromatic hydroxyl groups is 2. The first-order valence-electron chi connectivity index (χ1n) is 5.85. The molecule has 0 heterocycles. The molecule has 5 nitrogen and oxygen atoms in total. The van der Waals surface area contributed by atoms with Crippen LogP contribution in [-0.4, -0.2) is 30.2 Å².